The molecule has 156 valence electrons. The van der Waals surface area contributed by atoms with Crippen molar-refractivity contribution in [1.82, 2.24) is 19.7 Å². The first-order valence-electron chi connectivity index (χ1n) is 9.63. The number of ether oxygens (including phenoxy) is 1. The number of rotatable bonds is 6. The van der Waals surface area contributed by atoms with Gasteiger partial charge in [-0.25, -0.2) is 9.67 Å². The lowest BCUT2D eigenvalue weighted by molar-refractivity contribution is 0.102. The van der Waals surface area contributed by atoms with E-state index in [4.69, 9.17) is 16.3 Å². The third-order valence-electron chi connectivity index (χ3n) is 4.72. The molecular weight excluding hydrogens is 414 g/mol. The van der Waals surface area contributed by atoms with Gasteiger partial charge in [-0.05, 0) is 67.9 Å². The lowest BCUT2D eigenvalue weighted by Gasteiger charge is -2.12. The highest BCUT2D eigenvalue weighted by atomic mass is 35.5. The Hall–Kier alpha value is -3.71. The van der Waals surface area contributed by atoms with Crippen LogP contribution in [0.5, 0.6) is 5.75 Å². The summed E-state index contributed by atoms with van der Waals surface area (Å²) in [5.41, 5.74) is 3.89. The summed E-state index contributed by atoms with van der Waals surface area (Å²) in [6.07, 6.45) is 5.01. The van der Waals surface area contributed by atoms with Gasteiger partial charge in [-0.15, -0.1) is 0 Å². The van der Waals surface area contributed by atoms with Crippen LogP contribution in [0.25, 0.3) is 5.69 Å². The molecule has 1 aromatic carbocycles. The summed E-state index contributed by atoms with van der Waals surface area (Å²) in [5.74, 6) is 0.558. The van der Waals surface area contributed by atoms with E-state index in [1.54, 1.807) is 47.5 Å². The zero-order chi connectivity index (χ0) is 21.8. The molecule has 3 heterocycles. The zero-order valence-electron chi connectivity index (χ0n) is 17.0. The van der Waals surface area contributed by atoms with Gasteiger partial charge in [0, 0.05) is 24.2 Å². The highest BCUT2D eigenvalue weighted by Crippen LogP contribution is 2.24. The minimum atomic E-state index is -0.287. The fraction of sp³-hybridized carbons (Fsp3) is 0.130. The molecule has 0 aliphatic rings. The molecule has 0 aliphatic carbocycles. The molecule has 1 amide bonds. The molecule has 31 heavy (non-hydrogen) atoms. The van der Waals surface area contributed by atoms with Crippen LogP contribution >= 0.6 is 11.6 Å². The van der Waals surface area contributed by atoms with Gasteiger partial charge in [0.25, 0.3) is 5.91 Å². The molecule has 0 bridgehead atoms. The van der Waals surface area contributed by atoms with Gasteiger partial charge in [0.05, 0.1) is 22.1 Å². The number of amides is 1. The van der Waals surface area contributed by atoms with E-state index in [1.165, 1.54) is 0 Å². The van der Waals surface area contributed by atoms with Gasteiger partial charge in [-0.3, -0.25) is 9.78 Å². The molecule has 0 radical (unpaired) electrons. The van der Waals surface area contributed by atoms with Crippen LogP contribution in [0.15, 0.2) is 67.1 Å². The number of carbonyl (C=O) groups excluding carboxylic acids is 1. The second-order valence-electron chi connectivity index (χ2n) is 6.89. The first kappa shape index (κ1) is 20.6. The first-order chi connectivity index (χ1) is 15.0. The normalized spacial score (nSPS) is 10.7. The number of hydrogen-bond donors (Lipinski definition) is 1. The fourth-order valence-corrected chi connectivity index (χ4v) is 3.17. The van der Waals surface area contributed by atoms with Crippen molar-refractivity contribution in [2.45, 2.75) is 20.5 Å². The standard InChI is InChI=1S/C23H20ClN5O2/c1-15-21(24)16(2)29(28-15)19-7-5-18(6-8-19)23(30)27-22-20(4-3-11-26-22)31-14-17-9-12-25-13-10-17/h3-13H,14H2,1-2H3,(H,26,27,30). The number of halogens is 1. The van der Waals surface area contributed by atoms with Crippen molar-refractivity contribution in [3.63, 3.8) is 0 Å². The molecule has 0 fully saturated rings. The Morgan fingerprint density at radius 3 is 2.48 bits per heavy atom. The summed E-state index contributed by atoms with van der Waals surface area (Å²) < 4.78 is 7.59. The quantitative estimate of drug-likeness (QED) is 0.474. The second-order valence-corrected chi connectivity index (χ2v) is 7.27. The summed E-state index contributed by atoms with van der Waals surface area (Å²) >= 11 is 6.23. The summed E-state index contributed by atoms with van der Waals surface area (Å²) in [7, 11) is 0. The van der Waals surface area contributed by atoms with Crippen LogP contribution < -0.4 is 10.1 Å². The third kappa shape index (κ3) is 4.57. The van der Waals surface area contributed by atoms with Crippen LogP contribution in [0.4, 0.5) is 5.82 Å². The lowest BCUT2D eigenvalue weighted by Crippen LogP contribution is -2.14. The Labute approximate surface area is 184 Å². The van der Waals surface area contributed by atoms with Crippen molar-refractivity contribution >= 4 is 23.3 Å². The van der Waals surface area contributed by atoms with E-state index in [2.05, 4.69) is 20.4 Å². The average Bonchev–Trinajstić information content (AvgIpc) is 3.06. The van der Waals surface area contributed by atoms with E-state index in [-0.39, 0.29) is 5.91 Å². The number of anilines is 1. The number of aryl methyl sites for hydroxylation is 1. The number of nitrogens with zero attached hydrogens (tertiary/aromatic N) is 4. The molecule has 3 aromatic heterocycles. The van der Waals surface area contributed by atoms with Gasteiger partial charge < -0.3 is 10.1 Å². The van der Waals surface area contributed by atoms with Crippen molar-refractivity contribution in [3.8, 4) is 11.4 Å². The predicted octanol–water partition coefficient (Wildman–Crippen LogP) is 4.76. The third-order valence-corrected chi connectivity index (χ3v) is 5.27. The molecule has 4 rings (SSSR count). The van der Waals surface area contributed by atoms with Crippen LogP contribution in [0, 0.1) is 13.8 Å². The van der Waals surface area contributed by atoms with Crippen molar-refractivity contribution in [1.29, 1.82) is 0 Å². The molecule has 7 nitrogen and oxygen atoms in total. The molecule has 0 saturated heterocycles. The smallest absolute Gasteiger partial charge is 0.256 e. The first-order valence-corrected chi connectivity index (χ1v) is 10.0. The van der Waals surface area contributed by atoms with Gasteiger partial charge in [0.1, 0.15) is 6.61 Å². The van der Waals surface area contributed by atoms with Crippen molar-refractivity contribution in [3.05, 3.63) is 94.7 Å². The second kappa shape index (κ2) is 8.97. The van der Waals surface area contributed by atoms with Gasteiger partial charge in [-0.1, -0.05) is 11.6 Å². The number of benzene rings is 1. The minimum Gasteiger partial charge on any atom is -0.485 e. The topological polar surface area (TPSA) is 81.9 Å². The minimum absolute atomic E-state index is 0.287. The van der Waals surface area contributed by atoms with Crippen LogP contribution in [0.1, 0.15) is 27.3 Å². The maximum Gasteiger partial charge on any atom is 0.256 e. The van der Waals surface area contributed by atoms with E-state index < -0.39 is 0 Å². The summed E-state index contributed by atoms with van der Waals surface area (Å²) in [4.78, 5) is 21.0. The Bertz CT molecular complexity index is 1210. The summed E-state index contributed by atoms with van der Waals surface area (Å²) in [5, 5.41) is 7.88. The van der Waals surface area contributed by atoms with Crippen LogP contribution in [-0.4, -0.2) is 25.7 Å². The number of hydrogen-bond acceptors (Lipinski definition) is 5. The zero-order valence-corrected chi connectivity index (χ0v) is 17.8. The van der Waals surface area contributed by atoms with E-state index in [9.17, 15) is 4.79 Å². The van der Waals surface area contributed by atoms with E-state index in [1.807, 2.05) is 38.1 Å². The number of carbonyl (C=O) groups is 1. The molecular formula is C23H20ClN5O2. The highest BCUT2D eigenvalue weighted by molar-refractivity contribution is 6.31. The molecule has 8 heteroatoms. The van der Waals surface area contributed by atoms with Crippen molar-refractivity contribution in [2.75, 3.05) is 5.32 Å². The number of nitrogens with one attached hydrogen (secondary N) is 1. The van der Waals surface area contributed by atoms with E-state index >= 15 is 0 Å². The Kier molecular flexibility index (Phi) is 5.95. The SMILES string of the molecule is Cc1nn(-c2ccc(C(=O)Nc3ncccc3OCc3ccncc3)cc2)c(C)c1Cl. The van der Waals surface area contributed by atoms with Gasteiger partial charge in [0.15, 0.2) is 11.6 Å². The van der Waals surface area contributed by atoms with Crippen molar-refractivity contribution in [2.24, 2.45) is 0 Å². The van der Waals surface area contributed by atoms with Gasteiger partial charge in [-0.2, -0.15) is 5.10 Å². The van der Waals surface area contributed by atoms with E-state index in [0.717, 1.165) is 22.6 Å². The lowest BCUT2D eigenvalue weighted by atomic mass is 10.2. The molecule has 0 aliphatic heterocycles. The highest BCUT2D eigenvalue weighted by Gasteiger charge is 2.14. The summed E-state index contributed by atoms with van der Waals surface area (Å²) in [6, 6.07) is 14.4. The Morgan fingerprint density at radius 2 is 1.81 bits per heavy atom. The summed E-state index contributed by atoms with van der Waals surface area (Å²) in [6.45, 7) is 4.10. The molecule has 0 unspecified atom stereocenters. The van der Waals surface area contributed by atoms with Gasteiger partial charge in [0.2, 0.25) is 0 Å². The Balaban J connectivity index is 1.48. The number of aromatic nitrogens is 4. The molecule has 0 saturated carbocycles. The molecule has 4 aromatic rings. The van der Waals surface area contributed by atoms with Crippen molar-refractivity contribution < 1.29 is 9.53 Å². The van der Waals surface area contributed by atoms with Crippen LogP contribution in [0.2, 0.25) is 5.02 Å². The van der Waals surface area contributed by atoms with Gasteiger partial charge >= 0.3 is 0 Å². The van der Waals surface area contributed by atoms with Crippen LogP contribution in [0.3, 0.4) is 0 Å². The fourth-order valence-electron chi connectivity index (χ4n) is 3.05. The average molecular weight is 434 g/mol. The molecule has 0 atom stereocenters. The molecule has 0 spiro atoms. The predicted molar refractivity (Wildman–Crippen MR) is 119 cm³/mol. The molecule has 1 N–H and O–H groups in total. The van der Waals surface area contributed by atoms with E-state index in [0.29, 0.717) is 28.8 Å². The number of pyridine rings is 2. The Morgan fingerprint density at radius 1 is 1.06 bits per heavy atom. The monoisotopic (exact) mass is 433 g/mol. The maximum atomic E-state index is 12.8. The largest absolute Gasteiger partial charge is 0.485 e. The van der Waals surface area contributed by atoms with Crippen LogP contribution in [-0.2, 0) is 6.61 Å². The maximum absolute atomic E-state index is 12.8.